The molecule has 1 aliphatic heterocycles. The molecule has 2 nitrogen and oxygen atoms in total. The molecule has 3 rings (SSSR count). The lowest BCUT2D eigenvalue weighted by Crippen LogP contribution is -2.02. The first kappa shape index (κ1) is 9.28. The van der Waals surface area contributed by atoms with Crippen molar-refractivity contribution in [3.8, 4) is 11.5 Å². The summed E-state index contributed by atoms with van der Waals surface area (Å²) in [6, 6.07) is 9.38. The van der Waals surface area contributed by atoms with Crippen molar-refractivity contribution in [3.63, 3.8) is 0 Å². The molecule has 0 radical (unpaired) electrons. The van der Waals surface area contributed by atoms with Gasteiger partial charge in [0.05, 0.1) is 5.76 Å². The maximum atomic E-state index is 9.43. The van der Waals surface area contributed by atoms with Crippen molar-refractivity contribution < 1.29 is 9.84 Å². The third-order valence-corrected chi connectivity index (χ3v) is 2.94. The van der Waals surface area contributed by atoms with Gasteiger partial charge in [0, 0.05) is 5.56 Å². The molecule has 0 amide bonds. The van der Waals surface area contributed by atoms with E-state index in [1.807, 2.05) is 25.1 Å². The normalized spacial score (nSPS) is 14.2. The van der Waals surface area contributed by atoms with E-state index in [1.165, 1.54) is 5.56 Å². The molecule has 0 bridgehead atoms. The zero-order valence-electron chi connectivity index (χ0n) is 9.03. The second kappa shape index (κ2) is 3.27. The zero-order chi connectivity index (χ0) is 11.1. The molecule has 16 heavy (non-hydrogen) atoms. The van der Waals surface area contributed by atoms with Crippen LogP contribution >= 0.6 is 0 Å². The van der Waals surface area contributed by atoms with Gasteiger partial charge in [-0.25, -0.2) is 0 Å². The number of rotatable bonds is 0. The van der Waals surface area contributed by atoms with Crippen molar-refractivity contribution in [1.29, 1.82) is 0 Å². The number of allylic oxidation sites excluding steroid dienone is 2. The van der Waals surface area contributed by atoms with E-state index in [0.29, 0.717) is 5.75 Å². The van der Waals surface area contributed by atoms with E-state index in [1.54, 1.807) is 12.1 Å². The van der Waals surface area contributed by atoms with Crippen LogP contribution in [0.25, 0.3) is 10.8 Å². The van der Waals surface area contributed by atoms with Gasteiger partial charge in [0.1, 0.15) is 11.5 Å². The van der Waals surface area contributed by atoms with Crippen LogP contribution in [0.4, 0.5) is 0 Å². The first-order valence-corrected chi connectivity index (χ1v) is 5.33. The predicted octanol–water partition coefficient (Wildman–Crippen LogP) is 3.38. The zero-order valence-corrected chi connectivity index (χ0v) is 9.03. The number of benzene rings is 2. The van der Waals surface area contributed by atoms with E-state index in [0.717, 1.165) is 28.7 Å². The molecule has 0 saturated carbocycles. The van der Waals surface area contributed by atoms with Gasteiger partial charge in [0.2, 0.25) is 0 Å². The Kier molecular flexibility index (Phi) is 1.90. The van der Waals surface area contributed by atoms with Crippen molar-refractivity contribution in [1.82, 2.24) is 0 Å². The van der Waals surface area contributed by atoms with Gasteiger partial charge >= 0.3 is 0 Å². The Hall–Kier alpha value is -1.96. The van der Waals surface area contributed by atoms with Gasteiger partial charge in [-0.15, -0.1) is 0 Å². The molecule has 0 atom stereocenters. The molecule has 0 aromatic heterocycles. The minimum atomic E-state index is 0.302. The third kappa shape index (κ3) is 1.34. The highest BCUT2D eigenvalue weighted by molar-refractivity contribution is 5.89. The Labute approximate surface area is 93.8 Å². The fourth-order valence-electron chi connectivity index (χ4n) is 2.13. The van der Waals surface area contributed by atoms with Crippen LogP contribution in [0, 0.1) is 0 Å². The van der Waals surface area contributed by atoms with Crippen LogP contribution in [0.2, 0.25) is 0 Å². The smallest absolute Gasteiger partial charge is 0.131 e. The molecule has 0 aliphatic carbocycles. The number of phenolic OH excluding ortho intramolecular Hbond substituents is 1. The lowest BCUT2D eigenvalue weighted by molar-refractivity contribution is 0.413. The summed E-state index contributed by atoms with van der Waals surface area (Å²) in [5.41, 5.74) is 1.20. The SMILES string of the molecule is CC1=CCc2c(ccc3cc(O)ccc23)O1. The van der Waals surface area contributed by atoms with Gasteiger partial charge in [0.25, 0.3) is 0 Å². The molecule has 1 aliphatic rings. The van der Waals surface area contributed by atoms with E-state index in [-0.39, 0.29) is 0 Å². The first-order chi connectivity index (χ1) is 7.74. The Morgan fingerprint density at radius 1 is 1.19 bits per heavy atom. The van der Waals surface area contributed by atoms with Gasteiger partial charge in [-0.3, -0.25) is 0 Å². The summed E-state index contributed by atoms with van der Waals surface area (Å²) < 4.78 is 5.67. The van der Waals surface area contributed by atoms with E-state index < -0.39 is 0 Å². The molecule has 80 valence electrons. The van der Waals surface area contributed by atoms with E-state index in [4.69, 9.17) is 4.74 Å². The Bertz CT molecular complexity index is 597. The van der Waals surface area contributed by atoms with Crippen LogP contribution in [0.5, 0.6) is 11.5 Å². The summed E-state index contributed by atoms with van der Waals surface area (Å²) in [5.74, 6) is 2.18. The quantitative estimate of drug-likeness (QED) is 0.725. The number of aromatic hydroxyl groups is 1. The maximum absolute atomic E-state index is 9.43. The number of hydrogen-bond donors (Lipinski definition) is 1. The molecule has 2 aromatic carbocycles. The van der Waals surface area contributed by atoms with E-state index >= 15 is 0 Å². The van der Waals surface area contributed by atoms with Gasteiger partial charge in [-0.1, -0.05) is 12.1 Å². The minimum absolute atomic E-state index is 0.302. The number of ether oxygens (including phenoxy) is 1. The monoisotopic (exact) mass is 212 g/mol. The molecular formula is C14H12O2. The summed E-state index contributed by atoms with van der Waals surface area (Å²) in [6.07, 6.45) is 2.97. The average Bonchev–Trinajstić information content (AvgIpc) is 2.28. The highest BCUT2D eigenvalue weighted by Crippen LogP contribution is 2.34. The highest BCUT2D eigenvalue weighted by atomic mass is 16.5. The summed E-state index contributed by atoms with van der Waals surface area (Å²) in [4.78, 5) is 0. The molecular weight excluding hydrogens is 200 g/mol. The summed E-state index contributed by atoms with van der Waals surface area (Å²) in [7, 11) is 0. The standard InChI is InChI=1S/C14H12O2/c1-9-2-5-13-12-6-4-11(15)8-10(12)3-7-14(13)16-9/h2-4,6-8,15H,5H2,1H3. The van der Waals surface area contributed by atoms with E-state index in [9.17, 15) is 5.11 Å². The van der Waals surface area contributed by atoms with E-state index in [2.05, 4.69) is 6.08 Å². The molecule has 1 heterocycles. The average molecular weight is 212 g/mol. The highest BCUT2D eigenvalue weighted by Gasteiger charge is 2.12. The summed E-state index contributed by atoms with van der Waals surface area (Å²) in [5, 5.41) is 11.6. The molecule has 1 N–H and O–H groups in total. The van der Waals surface area contributed by atoms with Crippen LogP contribution in [0.3, 0.4) is 0 Å². The topological polar surface area (TPSA) is 29.5 Å². The second-order valence-corrected chi connectivity index (χ2v) is 4.07. The number of hydrogen-bond acceptors (Lipinski definition) is 2. The van der Waals surface area contributed by atoms with Crippen molar-refractivity contribution >= 4 is 10.8 Å². The predicted molar refractivity (Wildman–Crippen MR) is 63.7 cm³/mol. The number of phenols is 1. The second-order valence-electron chi connectivity index (χ2n) is 4.07. The van der Waals surface area contributed by atoms with Crippen LogP contribution in [0.1, 0.15) is 12.5 Å². The summed E-state index contributed by atoms with van der Waals surface area (Å²) in [6.45, 7) is 1.96. The molecule has 0 fully saturated rings. The fraction of sp³-hybridized carbons (Fsp3) is 0.143. The fourth-order valence-corrected chi connectivity index (χ4v) is 2.13. The number of fused-ring (bicyclic) bond motifs is 3. The largest absolute Gasteiger partial charge is 0.508 e. The Balaban J connectivity index is 2.27. The first-order valence-electron chi connectivity index (χ1n) is 5.33. The van der Waals surface area contributed by atoms with Crippen molar-refractivity contribution in [3.05, 3.63) is 47.7 Å². The molecule has 0 saturated heterocycles. The van der Waals surface area contributed by atoms with Crippen molar-refractivity contribution in [2.45, 2.75) is 13.3 Å². The van der Waals surface area contributed by atoms with Crippen LogP contribution in [-0.4, -0.2) is 5.11 Å². The minimum Gasteiger partial charge on any atom is -0.508 e. The molecule has 2 aromatic rings. The van der Waals surface area contributed by atoms with Crippen LogP contribution in [-0.2, 0) is 6.42 Å². The van der Waals surface area contributed by atoms with Gasteiger partial charge in [-0.2, -0.15) is 0 Å². The van der Waals surface area contributed by atoms with Crippen molar-refractivity contribution in [2.75, 3.05) is 0 Å². The summed E-state index contributed by atoms with van der Waals surface area (Å²) >= 11 is 0. The van der Waals surface area contributed by atoms with Crippen LogP contribution < -0.4 is 4.74 Å². The Morgan fingerprint density at radius 3 is 2.94 bits per heavy atom. The van der Waals surface area contributed by atoms with Gasteiger partial charge in [0.15, 0.2) is 0 Å². The van der Waals surface area contributed by atoms with Gasteiger partial charge in [-0.05, 0) is 48.4 Å². The molecule has 0 spiro atoms. The molecule has 0 unspecified atom stereocenters. The van der Waals surface area contributed by atoms with Crippen LogP contribution in [0.15, 0.2) is 42.2 Å². The van der Waals surface area contributed by atoms with Crippen molar-refractivity contribution in [2.24, 2.45) is 0 Å². The maximum Gasteiger partial charge on any atom is 0.131 e. The lowest BCUT2D eigenvalue weighted by Gasteiger charge is -2.17. The van der Waals surface area contributed by atoms with Gasteiger partial charge < -0.3 is 9.84 Å². The lowest BCUT2D eigenvalue weighted by atomic mass is 9.99. The molecule has 2 heteroatoms. The Morgan fingerprint density at radius 2 is 2.06 bits per heavy atom. The third-order valence-electron chi connectivity index (χ3n) is 2.94.